The fraction of sp³-hybridized carbons (Fsp3) is 0.320. The van der Waals surface area contributed by atoms with Gasteiger partial charge in [0.1, 0.15) is 11.5 Å². The molecule has 1 fully saturated rings. The van der Waals surface area contributed by atoms with Gasteiger partial charge in [0.2, 0.25) is 11.8 Å². The number of piperidine rings is 1. The van der Waals surface area contributed by atoms with Crippen molar-refractivity contribution in [3.05, 3.63) is 70.6 Å². The lowest BCUT2D eigenvalue weighted by molar-refractivity contribution is -0.125. The first-order valence-electron chi connectivity index (χ1n) is 11.2. The summed E-state index contributed by atoms with van der Waals surface area (Å²) in [6.07, 6.45) is 1.30. The average Bonchev–Trinajstić information content (AvgIpc) is 3.13. The molecule has 1 aliphatic rings. The van der Waals surface area contributed by atoms with Crippen molar-refractivity contribution in [2.24, 2.45) is 5.92 Å². The van der Waals surface area contributed by atoms with E-state index >= 15 is 0 Å². The van der Waals surface area contributed by atoms with Gasteiger partial charge in [-0.2, -0.15) is 5.10 Å². The van der Waals surface area contributed by atoms with Gasteiger partial charge in [-0.05, 0) is 61.7 Å². The summed E-state index contributed by atoms with van der Waals surface area (Å²) >= 11 is 6.06. The normalized spacial score (nSPS) is 14.2. The van der Waals surface area contributed by atoms with Crippen molar-refractivity contribution in [2.75, 3.05) is 23.3 Å². The maximum Gasteiger partial charge on any atom is 0.223 e. The number of rotatable bonds is 6. The monoisotopic (exact) mass is 483 g/mol. The number of nitrogens with zero attached hydrogens (tertiary/aromatic N) is 3. The number of halogens is 2. The first kappa shape index (κ1) is 23.8. The molecule has 1 saturated heterocycles. The molecule has 9 heteroatoms. The molecule has 4 rings (SSSR count). The van der Waals surface area contributed by atoms with Crippen LogP contribution in [0.3, 0.4) is 0 Å². The summed E-state index contributed by atoms with van der Waals surface area (Å²) in [5, 5.41) is 11.1. The Hall–Kier alpha value is -3.39. The Morgan fingerprint density at radius 3 is 2.50 bits per heavy atom. The Balaban J connectivity index is 1.49. The van der Waals surface area contributed by atoms with Crippen molar-refractivity contribution in [3.63, 3.8) is 0 Å². The molecule has 2 heterocycles. The standard InChI is InChI=1S/C25H27ClFN5O2/c1-16-23(29-17(2)33)25(32(30-16)22-8-6-20(26)7-9-22)31-12-10-19(11-13-31)24(34)28-15-18-4-3-5-21(27)14-18/h3-9,14,19H,10-13,15H2,1-2H3,(H,28,34)(H,29,33). The summed E-state index contributed by atoms with van der Waals surface area (Å²) in [7, 11) is 0. The molecular weight excluding hydrogens is 457 g/mol. The van der Waals surface area contributed by atoms with Crippen molar-refractivity contribution >= 4 is 34.9 Å². The Kier molecular flexibility index (Phi) is 7.17. The molecule has 0 radical (unpaired) electrons. The number of hydrogen-bond acceptors (Lipinski definition) is 4. The number of carbonyl (C=O) groups is 2. The van der Waals surface area contributed by atoms with Gasteiger partial charge in [0.15, 0.2) is 5.82 Å². The molecule has 178 valence electrons. The summed E-state index contributed by atoms with van der Waals surface area (Å²) in [5.74, 6) is 0.123. The van der Waals surface area contributed by atoms with E-state index in [9.17, 15) is 14.0 Å². The zero-order valence-electron chi connectivity index (χ0n) is 19.1. The van der Waals surface area contributed by atoms with E-state index in [1.54, 1.807) is 28.9 Å². The fourth-order valence-corrected chi connectivity index (χ4v) is 4.35. The van der Waals surface area contributed by atoms with Crippen molar-refractivity contribution in [2.45, 2.75) is 33.2 Å². The first-order chi connectivity index (χ1) is 16.3. The number of hydrogen-bond donors (Lipinski definition) is 2. The topological polar surface area (TPSA) is 79.3 Å². The van der Waals surface area contributed by atoms with Crippen LogP contribution in [0.2, 0.25) is 5.02 Å². The van der Waals surface area contributed by atoms with E-state index in [2.05, 4.69) is 20.6 Å². The van der Waals surface area contributed by atoms with Crippen LogP contribution in [0.5, 0.6) is 0 Å². The summed E-state index contributed by atoms with van der Waals surface area (Å²) in [4.78, 5) is 26.8. The third-order valence-corrected chi connectivity index (χ3v) is 6.18. The first-order valence-corrected chi connectivity index (χ1v) is 11.6. The molecular formula is C25H27ClFN5O2. The van der Waals surface area contributed by atoms with Crippen LogP contribution in [-0.2, 0) is 16.1 Å². The summed E-state index contributed by atoms with van der Waals surface area (Å²) < 4.78 is 15.2. The molecule has 0 aliphatic carbocycles. The number of aryl methyl sites for hydroxylation is 1. The summed E-state index contributed by atoms with van der Waals surface area (Å²) in [5.41, 5.74) is 2.92. The average molecular weight is 484 g/mol. The molecule has 0 saturated carbocycles. The third kappa shape index (κ3) is 5.39. The number of carbonyl (C=O) groups excluding carboxylic acids is 2. The highest BCUT2D eigenvalue weighted by Crippen LogP contribution is 2.35. The van der Waals surface area contributed by atoms with Crippen molar-refractivity contribution in [1.29, 1.82) is 0 Å². The van der Waals surface area contributed by atoms with E-state index < -0.39 is 0 Å². The summed E-state index contributed by atoms with van der Waals surface area (Å²) in [6, 6.07) is 13.6. The predicted molar refractivity (Wildman–Crippen MR) is 131 cm³/mol. The zero-order chi connectivity index (χ0) is 24.2. The number of aromatic nitrogens is 2. The second kappa shape index (κ2) is 10.3. The third-order valence-electron chi connectivity index (χ3n) is 5.93. The van der Waals surface area contributed by atoms with Gasteiger partial charge in [-0.1, -0.05) is 23.7 Å². The smallest absolute Gasteiger partial charge is 0.223 e. The Morgan fingerprint density at radius 1 is 1.15 bits per heavy atom. The Labute approximate surface area is 202 Å². The quantitative estimate of drug-likeness (QED) is 0.542. The van der Waals surface area contributed by atoms with E-state index in [-0.39, 0.29) is 23.5 Å². The van der Waals surface area contributed by atoms with E-state index in [1.165, 1.54) is 19.1 Å². The van der Waals surface area contributed by atoms with Gasteiger partial charge in [0, 0.05) is 37.5 Å². The number of nitrogens with one attached hydrogen (secondary N) is 2. The van der Waals surface area contributed by atoms with Crippen LogP contribution in [0, 0.1) is 18.7 Å². The maximum absolute atomic E-state index is 13.4. The Morgan fingerprint density at radius 2 is 1.85 bits per heavy atom. The van der Waals surface area contributed by atoms with Gasteiger partial charge in [-0.15, -0.1) is 0 Å². The molecule has 0 atom stereocenters. The van der Waals surface area contributed by atoms with Gasteiger partial charge in [0.05, 0.1) is 11.4 Å². The SMILES string of the molecule is CC(=O)Nc1c(C)nn(-c2ccc(Cl)cc2)c1N1CCC(C(=O)NCc2cccc(F)c2)CC1. The van der Waals surface area contributed by atoms with Crippen LogP contribution in [0.4, 0.5) is 15.9 Å². The number of anilines is 2. The lowest BCUT2D eigenvalue weighted by atomic mass is 9.95. The number of benzene rings is 2. The molecule has 0 spiro atoms. The molecule has 2 aromatic carbocycles. The van der Waals surface area contributed by atoms with Crippen LogP contribution in [0.15, 0.2) is 48.5 Å². The van der Waals surface area contributed by atoms with E-state index in [0.717, 1.165) is 17.1 Å². The van der Waals surface area contributed by atoms with Crippen LogP contribution in [0.1, 0.15) is 31.0 Å². The minimum Gasteiger partial charge on any atom is -0.355 e. The maximum atomic E-state index is 13.4. The molecule has 1 aromatic heterocycles. The largest absolute Gasteiger partial charge is 0.355 e. The fourth-order valence-electron chi connectivity index (χ4n) is 4.23. The van der Waals surface area contributed by atoms with E-state index in [0.29, 0.717) is 48.9 Å². The number of amides is 2. The second-order valence-electron chi connectivity index (χ2n) is 8.46. The summed E-state index contributed by atoms with van der Waals surface area (Å²) in [6.45, 7) is 4.88. The van der Waals surface area contributed by atoms with Gasteiger partial charge < -0.3 is 15.5 Å². The minimum absolute atomic E-state index is 0.0339. The van der Waals surface area contributed by atoms with E-state index in [1.807, 2.05) is 19.1 Å². The minimum atomic E-state index is -0.317. The van der Waals surface area contributed by atoms with Crippen LogP contribution < -0.4 is 15.5 Å². The van der Waals surface area contributed by atoms with Gasteiger partial charge in [-0.3, -0.25) is 9.59 Å². The molecule has 1 aliphatic heterocycles. The molecule has 2 N–H and O–H groups in total. The lowest BCUT2D eigenvalue weighted by Crippen LogP contribution is -2.41. The molecule has 3 aromatic rings. The predicted octanol–water partition coefficient (Wildman–Crippen LogP) is 4.46. The van der Waals surface area contributed by atoms with Crippen LogP contribution >= 0.6 is 11.6 Å². The Bertz CT molecular complexity index is 1190. The van der Waals surface area contributed by atoms with Gasteiger partial charge in [-0.25, -0.2) is 9.07 Å². The second-order valence-corrected chi connectivity index (χ2v) is 8.90. The molecule has 2 amide bonds. The lowest BCUT2D eigenvalue weighted by Gasteiger charge is -2.33. The van der Waals surface area contributed by atoms with E-state index in [4.69, 9.17) is 11.6 Å². The van der Waals surface area contributed by atoms with Crippen molar-refractivity contribution in [3.8, 4) is 5.69 Å². The molecule has 34 heavy (non-hydrogen) atoms. The highest BCUT2D eigenvalue weighted by atomic mass is 35.5. The molecule has 7 nitrogen and oxygen atoms in total. The van der Waals surface area contributed by atoms with Gasteiger partial charge >= 0.3 is 0 Å². The van der Waals surface area contributed by atoms with Crippen molar-refractivity contribution in [1.82, 2.24) is 15.1 Å². The molecule has 0 unspecified atom stereocenters. The van der Waals surface area contributed by atoms with Gasteiger partial charge in [0.25, 0.3) is 0 Å². The van der Waals surface area contributed by atoms with Crippen LogP contribution in [0.25, 0.3) is 5.69 Å². The highest BCUT2D eigenvalue weighted by Gasteiger charge is 2.29. The highest BCUT2D eigenvalue weighted by molar-refractivity contribution is 6.30. The zero-order valence-corrected chi connectivity index (χ0v) is 19.9. The van der Waals surface area contributed by atoms with Crippen molar-refractivity contribution < 1.29 is 14.0 Å². The molecule has 0 bridgehead atoms. The van der Waals surface area contributed by atoms with Crippen LogP contribution in [-0.4, -0.2) is 34.7 Å².